The molecular formula is C25H23ClF2N6O2S. The SMILES string of the molecule is O=C(NCc1ccc(F)c(Cl)c1)c1cc(C(=O)NCC2CCC(c3nccs3)CC2)n2ncc(F)c2n1. The fourth-order valence-electron chi connectivity index (χ4n) is 4.51. The quantitative estimate of drug-likeness (QED) is 0.349. The fourth-order valence-corrected chi connectivity index (χ4v) is 5.53. The number of carbonyl (C=O) groups excluding carboxylic acids is 2. The van der Waals surface area contributed by atoms with Crippen molar-refractivity contribution in [3.05, 3.63) is 80.7 Å². The van der Waals surface area contributed by atoms with Crippen LogP contribution in [0.25, 0.3) is 5.65 Å². The molecule has 0 spiro atoms. The lowest BCUT2D eigenvalue weighted by atomic mass is 9.82. The summed E-state index contributed by atoms with van der Waals surface area (Å²) < 4.78 is 28.8. The summed E-state index contributed by atoms with van der Waals surface area (Å²) in [5.74, 6) is -1.64. The normalized spacial score (nSPS) is 17.6. The molecule has 3 aromatic heterocycles. The maximum atomic E-state index is 14.3. The van der Waals surface area contributed by atoms with Crippen molar-refractivity contribution in [3.63, 3.8) is 0 Å². The van der Waals surface area contributed by atoms with E-state index in [1.54, 1.807) is 11.3 Å². The molecule has 0 radical (unpaired) electrons. The van der Waals surface area contributed by atoms with Crippen LogP contribution in [-0.4, -0.2) is 37.9 Å². The minimum Gasteiger partial charge on any atom is -0.350 e. The van der Waals surface area contributed by atoms with Crippen molar-refractivity contribution < 1.29 is 18.4 Å². The third-order valence-electron chi connectivity index (χ3n) is 6.53. The zero-order valence-corrected chi connectivity index (χ0v) is 21.2. The van der Waals surface area contributed by atoms with Crippen molar-refractivity contribution in [2.45, 2.75) is 38.1 Å². The summed E-state index contributed by atoms with van der Waals surface area (Å²) in [6, 6.07) is 5.36. The molecule has 0 aliphatic heterocycles. The lowest BCUT2D eigenvalue weighted by molar-refractivity contribution is 0.0935. The lowest BCUT2D eigenvalue weighted by Gasteiger charge is -2.27. The minimum absolute atomic E-state index is 0.000322. The molecule has 192 valence electrons. The highest BCUT2D eigenvalue weighted by Gasteiger charge is 2.25. The van der Waals surface area contributed by atoms with Gasteiger partial charge in [0.2, 0.25) is 0 Å². The largest absolute Gasteiger partial charge is 0.350 e. The summed E-state index contributed by atoms with van der Waals surface area (Å²) in [5.41, 5.74) is 0.194. The van der Waals surface area contributed by atoms with Crippen LogP contribution in [-0.2, 0) is 6.54 Å². The maximum absolute atomic E-state index is 14.3. The van der Waals surface area contributed by atoms with Crippen LogP contribution in [0.1, 0.15) is 63.1 Å². The van der Waals surface area contributed by atoms with E-state index in [4.69, 9.17) is 11.6 Å². The highest BCUT2D eigenvalue weighted by Crippen LogP contribution is 2.36. The van der Waals surface area contributed by atoms with Crippen LogP contribution < -0.4 is 10.6 Å². The minimum atomic E-state index is -0.755. The molecule has 37 heavy (non-hydrogen) atoms. The Morgan fingerprint density at radius 3 is 2.62 bits per heavy atom. The van der Waals surface area contributed by atoms with Gasteiger partial charge in [-0.25, -0.2) is 23.3 Å². The van der Waals surface area contributed by atoms with E-state index in [0.717, 1.165) is 41.4 Å². The predicted molar refractivity (Wildman–Crippen MR) is 135 cm³/mol. The summed E-state index contributed by atoms with van der Waals surface area (Å²) in [6.07, 6.45) is 6.73. The first-order chi connectivity index (χ1) is 17.9. The van der Waals surface area contributed by atoms with Gasteiger partial charge in [0.25, 0.3) is 11.8 Å². The van der Waals surface area contributed by atoms with E-state index in [2.05, 4.69) is 25.7 Å². The molecule has 4 aromatic rings. The van der Waals surface area contributed by atoms with Gasteiger partial charge >= 0.3 is 0 Å². The van der Waals surface area contributed by atoms with E-state index in [1.807, 2.05) is 11.6 Å². The Balaban J connectivity index is 1.25. The molecule has 5 rings (SSSR count). The topological polar surface area (TPSA) is 101 Å². The van der Waals surface area contributed by atoms with Crippen LogP contribution in [0.4, 0.5) is 8.78 Å². The van der Waals surface area contributed by atoms with Crippen LogP contribution >= 0.6 is 22.9 Å². The molecule has 1 aliphatic carbocycles. The van der Waals surface area contributed by atoms with Gasteiger partial charge in [0, 0.05) is 36.7 Å². The highest BCUT2D eigenvalue weighted by molar-refractivity contribution is 7.09. The molecule has 2 amide bonds. The smallest absolute Gasteiger partial charge is 0.270 e. The molecule has 1 aromatic carbocycles. The number of thiazole rings is 1. The number of nitrogens with zero attached hydrogens (tertiary/aromatic N) is 4. The molecule has 0 saturated heterocycles. The molecule has 1 saturated carbocycles. The Morgan fingerprint density at radius 2 is 1.89 bits per heavy atom. The van der Waals surface area contributed by atoms with Crippen molar-refractivity contribution in [3.8, 4) is 0 Å². The van der Waals surface area contributed by atoms with E-state index in [9.17, 15) is 18.4 Å². The highest BCUT2D eigenvalue weighted by atomic mass is 35.5. The Kier molecular flexibility index (Phi) is 7.43. The Bertz CT molecular complexity index is 1440. The van der Waals surface area contributed by atoms with E-state index in [1.165, 1.54) is 24.3 Å². The molecular weight excluding hydrogens is 522 g/mol. The van der Waals surface area contributed by atoms with Crippen molar-refractivity contribution >= 4 is 40.4 Å². The molecule has 2 N–H and O–H groups in total. The molecule has 0 atom stereocenters. The zero-order chi connectivity index (χ0) is 25.9. The summed E-state index contributed by atoms with van der Waals surface area (Å²) in [6.45, 7) is 0.502. The van der Waals surface area contributed by atoms with E-state index < -0.39 is 23.4 Å². The second-order valence-corrected chi connectivity index (χ2v) is 10.3. The number of benzene rings is 1. The van der Waals surface area contributed by atoms with Crippen molar-refractivity contribution in [2.75, 3.05) is 6.54 Å². The van der Waals surface area contributed by atoms with Crippen LogP contribution in [0.5, 0.6) is 0 Å². The van der Waals surface area contributed by atoms with E-state index in [0.29, 0.717) is 23.9 Å². The predicted octanol–water partition coefficient (Wildman–Crippen LogP) is 4.75. The molecule has 8 nitrogen and oxygen atoms in total. The van der Waals surface area contributed by atoms with Crippen LogP contribution in [0.3, 0.4) is 0 Å². The summed E-state index contributed by atoms with van der Waals surface area (Å²) in [5, 5.41) is 12.5. The molecule has 0 bridgehead atoms. The summed E-state index contributed by atoms with van der Waals surface area (Å²) >= 11 is 7.47. The van der Waals surface area contributed by atoms with Crippen molar-refractivity contribution in [1.82, 2.24) is 30.2 Å². The van der Waals surface area contributed by atoms with Gasteiger partial charge in [-0.1, -0.05) is 17.7 Å². The molecule has 0 unspecified atom stereocenters. The molecule has 1 aliphatic rings. The molecule has 12 heteroatoms. The number of hydrogen-bond donors (Lipinski definition) is 2. The second kappa shape index (κ2) is 10.9. The van der Waals surface area contributed by atoms with Gasteiger partial charge in [0.1, 0.15) is 17.2 Å². The average molecular weight is 545 g/mol. The lowest BCUT2D eigenvalue weighted by Crippen LogP contribution is -2.33. The van der Waals surface area contributed by atoms with Crippen molar-refractivity contribution in [2.24, 2.45) is 5.92 Å². The van der Waals surface area contributed by atoms with Gasteiger partial charge < -0.3 is 10.6 Å². The van der Waals surface area contributed by atoms with Gasteiger partial charge in [0.15, 0.2) is 11.5 Å². The fraction of sp³-hybridized carbons (Fsp3) is 0.320. The van der Waals surface area contributed by atoms with Crippen LogP contribution in [0.2, 0.25) is 5.02 Å². The van der Waals surface area contributed by atoms with E-state index >= 15 is 0 Å². The Labute approximate surface area is 220 Å². The van der Waals surface area contributed by atoms with Gasteiger partial charge in [0.05, 0.1) is 16.2 Å². The Hall–Kier alpha value is -3.44. The van der Waals surface area contributed by atoms with Crippen LogP contribution in [0, 0.1) is 17.6 Å². The number of hydrogen-bond acceptors (Lipinski definition) is 6. The van der Waals surface area contributed by atoms with Gasteiger partial charge in [-0.2, -0.15) is 5.10 Å². The number of fused-ring (bicyclic) bond motifs is 1. The summed E-state index contributed by atoms with van der Waals surface area (Å²) in [7, 11) is 0. The third-order valence-corrected chi connectivity index (χ3v) is 7.76. The number of halogens is 3. The monoisotopic (exact) mass is 544 g/mol. The van der Waals surface area contributed by atoms with Gasteiger partial charge in [-0.3, -0.25) is 9.59 Å². The molecule has 1 fully saturated rings. The molecule has 3 heterocycles. The first-order valence-electron chi connectivity index (χ1n) is 11.8. The Morgan fingerprint density at radius 1 is 1.08 bits per heavy atom. The maximum Gasteiger partial charge on any atom is 0.270 e. The van der Waals surface area contributed by atoms with Crippen molar-refractivity contribution in [1.29, 1.82) is 0 Å². The second-order valence-electron chi connectivity index (χ2n) is 8.98. The van der Waals surface area contributed by atoms with E-state index in [-0.39, 0.29) is 28.6 Å². The van der Waals surface area contributed by atoms with Crippen LogP contribution in [0.15, 0.2) is 42.0 Å². The van der Waals surface area contributed by atoms with Gasteiger partial charge in [-0.05, 0) is 49.3 Å². The number of nitrogens with one attached hydrogen (secondary N) is 2. The average Bonchev–Trinajstić information content (AvgIpc) is 3.58. The number of rotatable bonds is 7. The summed E-state index contributed by atoms with van der Waals surface area (Å²) in [4.78, 5) is 34.3. The number of aromatic nitrogens is 4. The first kappa shape index (κ1) is 25.2. The van der Waals surface area contributed by atoms with Gasteiger partial charge in [-0.15, -0.1) is 11.3 Å². The zero-order valence-electron chi connectivity index (χ0n) is 19.6. The number of amides is 2. The first-order valence-corrected chi connectivity index (χ1v) is 13.1. The number of carbonyl (C=O) groups is 2. The standard InChI is InChI=1S/C25H23ClF2N6O2S/c26-17-9-15(3-6-18(17)27)12-30-23(35)20-10-21(34-22(33-20)19(28)13-32-34)24(36)31-11-14-1-4-16(5-2-14)25-29-7-8-37-25/h3,6-10,13-14,16H,1-2,4-5,11-12H2,(H,30,35)(H,31,36). The third kappa shape index (κ3) is 5.62.